The number of rotatable bonds is 3. The van der Waals surface area contributed by atoms with Gasteiger partial charge in [-0.1, -0.05) is 19.1 Å². The quantitative estimate of drug-likeness (QED) is 0.615. The van der Waals surface area contributed by atoms with Crippen LogP contribution in [0.1, 0.15) is 19.8 Å². The minimum atomic E-state index is -0.0975. The highest BCUT2D eigenvalue weighted by molar-refractivity contribution is 4.97. The molecule has 11 heavy (non-hydrogen) atoms. The number of aliphatic hydroxyl groups excluding tert-OH is 1. The van der Waals surface area contributed by atoms with Crippen molar-refractivity contribution >= 4 is 0 Å². The molecular weight excluding hydrogens is 138 g/mol. The van der Waals surface area contributed by atoms with Crippen molar-refractivity contribution in [3.05, 3.63) is 12.2 Å². The molecular formula is C9H17NO. The molecule has 0 bridgehead atoms. The van der Waals surface area contributed by atoms with Crippen molar-refractivity contribution in [2.24, 2.45) is 0 Å². The molecule has 1 aliphatic rings. The number of β-amino-alcohol motifs (C(OH)–C–C–N with tert-alkyl or cyclic N) is 1. The van der Waals surface area contributed by atoms with Crippen LogP contribution in [0.25, 0.3) is 0 Å². The third kappa shape index (κ3) is 2.64. The van der Waals surface area contributed by atoms with Crippen molar-refractivity contribution in [3.8, 4) is 0 Å². The van der Waals surface area contributed by atoms with Crippen LogP contribution in [0.5, 0.6) is 0 Å². The fourth-order valence-electron chi connectivity index (χ4n) is 1.38. The summed E-state index contributed by atoms with van der Waals surface area (Å²) >= 11 is 0. The van der Waals surface area contributed by atoms with Crippen molar-refractivity contribution in [2.75, 3.05) is 19.6 Å². The molecule has 2 nitrogen and oxygen atoms in total. The van der Waals surface area contributed by atoms with Crippen LogP contribution in [-0.2, 0) is 0 Å². The molecule has 0 aromatic carbocycles. The Labute approximate surface area is 68.5 Å². The van der Waals surface area contributed by atoms with Crippen LogP contribution < -0.4 is 0 Å². The third-order valence-corrected chi connectivity index (χ3v) is 2.19. The summed E-state index contributed by atoms with van der Waals surface area (Å²) in [6.45, 7) is 8.88. The number of hydrogen-bond donors (Lipinski definition) is 1. The molecule has 1 rings (SSSR count). The first kappa shape index (κ1) is 8.75. The maximum Gasteiger partial charge on any atom is 0.0679 e. The first-order valence-corrected chi connectivity index (χ1v) is 4.29. The van der Waals surface area contributed by atoms with Gasteiger partial charge in [0.05, 0.1) is 6.10 Å². The fraction of sp³-hybridized carbons (Fsp3) is 0.778. The van der Waals surface area contributed by atoms with Gasteiger partial charge in [0.2, 0.25) is 0 Å². The van der Waals surface area contributed by atoms with E-state index in [1.807, 2.05) is 0 Å². The SMILES string of the molecule is C=C(CC)CN1CC[C@@H](O)C1. The highest BCUT2D eigenvalue weighted by Gasteiger charge is 2.19. The van der Waals surface area contributed by atoms with Crippen LogP contribution >= 0.6 is 0 Å². The maximum absolute atomic E-state index is 9.21. The molecule has 0 unspecified atom stereocenters. The van der Waals surface area contributed by atoms with E-state index in [2.05, 4.69) is 18.4 Å². The smallest absolute Gasteiger partial charge is 0.0679 e. The Balaban J connectivity index is 2.23. The summed E-state index contributed by atoms with van der Waals surface area (Å²) in [7, 11) is 0. The first-order chi connectivity index (χ1) is 5.22. The van der Waals surface area contributed by atoms with Crippen LogP contribution in [0, 0.1) is 0 Å². The largest absolute Gasteiger partial charge is 0.392 e. The molecule has 0 aliphatic carbocycles. The molecule has 1 N–H and O–H groups in total. The van der Waals surface area contributed by atoms with Gasteiger partial charge in [-0.3, -0.25) is 4.90 Å². The van der Waals surface area contributed by atoms with Gasteiger partial charge < -0.3 is 5.11 Å². The molecule has 1 heterocycles. The summed E-state index contributed by atoms with van der Waals surface area (Å²) in [4.78, 5) is 2.26. The van der Waals surface area contributed by atoms with Crippen molar-refractivity contribution in [2.45, 2.75) is 25.9 Å². The number of likely N-dealkylation sites (tertiary alicyclic amines) is 1. The first-order valence-electron chi connectivity index (χ1n) is 4.29. The number of hydrogen-bond acceptors (Lipinski definition) is 2. The second-order valence-corrected chi connectivity index (χ2v) is 3.28. The van der Waals surface area contributed by atoms with Gasteiger partial charge in [-0.2, -0.15) is 0 Å². The molecule has 64 valence electrons. The second-order valence-electron chi connectivity index (χ2n) is 3.28. The van der Waals surface area contributed by atoms with Gasteiger partial charge in [0.1, 0.15) is 0 Å². The zero-order valence-electron chi connectivity index (χ0n) is 7.21. The lowest BCUT2D eigenvalue weighted by Gasteiger charge is -2.15. The summed E-state index contributed by atoms with van der Waals surface area (Å²) in [5.41, 5.74) is 1.26. The zero-order valence-corrected chi connectivity index (χ0v) is 7.21. The lowest BCUT2D eigenvalue weighted by Crippen LogP contribution is -2.23. The lowest BCUT2D eigenvalue weighted by molar-refractivity contribution is 0.179. The zero-order chi connectivity index (χ0) is 8.27. The molecule has 1 saturated heterocycles. The second kappa shape index (κ2) is 3.88. The van der Waals surface area contributed by atoms with Gasteiger partial charge in [-0.15, -0.1) is 0 Å². The summed E-state index contributed by atoms with van der Waals surface area (Å²) in [6, 6.07) is 0. The molecule has 2 heteroatoms. The summed E-state index contributed by atoms with van der Waals surface area (Å²) in [5.74, 6) is 0. The minimum Gasteiger partial charge on any atom is -0.392 e. The summed E-state index contributed by atoms with van der Waals surface area (Å²) in [5, 5.41) is 9.21. The third-order valence-electron chi connectivity index (χ3n) is 2.19. The molecule has 1 fully saturated rings. The van der Waals surface area contributed by atoms with E-state index in [9.17, 15) is 5.11 Å². The average Bonchev–Trinajstić information content (AvgIpc) is 2.35. The Morgan fingerprint density at radius 3 is 2.91 bits per heavy atom. The Morgan fingerprint density at radius 2 is 2.45 bits per heavy atom. The summed E-state index contributed by atoms with van der Waals surface area (Å²) < 4.78 is 0. The molecule has 0 amide bonds. The van der Waals surface area contributed by atoms with Gasteiger partial charge in [0, 0.05) is 19.6 Å². The van der Waals surface area contributed by atoms with Crippen molar-refractivity contribution in [1.82, 2.24) is 4.90 Å². The number of nitrogens with zero attached hydrogens (tertiary/aromatic N) is 1. The Bertz CT molecular complexity index is 144. The van der Waals surface area contributed by atoms with E-state index in [0.29, 0.717) is 0 Å². The van der Waals surface area contributed by atoms with Crippen LogP contribution in [0.2, 0.25) is 0 Å². The molecule has 0 spiro atoms. The highest BCUT2D eigenvalue weighted by Crippen LogP contribution is 2.11. The van der Waals surface area contributed by atoms with Gasteiger partial charge in [0.25, 0.3) is 0 Å². The van der Waals surface area contributed by atoms with Gasteiger partial charge in [-0.25, -0.2) is 0 Å². The van der Waals surface area contributed by atoms with Crippen LogP contribution in [0.3, 0.4) is 0 Å². The van der Waals surface area contributed by atoms with E-state index in [-0.39, 0.29) is 6.10 Å². The minimum absolute atomic E-state index is 0.0975. The van der Waals surface area contributed by atoms with Crippen LogP contribution in [-0.4, -0.2) is 35.7 Å². The average molecular weight is 155 g/mol. The van der Waals surface area contributed by atoms with Crippen LogP contribution in [0.4, 0.5) is 0 Å². The molecule has 0 aromatic heterocycles. The van der Waals surface area contributed by atoms with Crippen LogP contribution in [0.15, 0.2) is 12.2 Å². The molecule has 1 aliphatic heterocycles. The lowest BCUT2D eigenvalue weighted by atomic mass is 10.2. The fourth-order valence-corrected chi connectivity index (χ4v) is 1.38. The monoisotopic (exact) mass is 155 g/mol. The molecule has 1 atom stereocenters. The Hall–Kier alpha value is -0.340. The Morgan fingerprint density at radius 1 is 1.73 bits per heavy atom. The van der Waals surface area contributed by atoms with Crippen molar-refractivity contribution in [3.63, 3.8) is 0 Å². The van der Waals surface area contributed by atoms with E-state index in [1.165, 1.54) is 5.57 Å². The van der Waals surface area contributed by atoms with E-state index >= 15 is 0 Å². The molecule has 0 radical (unpaired) electrons. The predicted octanol–water partition coefficient (Wildman–Crippen LogP) is 1.02. The predicted molar refractivity (Wildman–Crippen MR) is 46.5 cm³/mol. The highest BCUT2D eigenvalue weighted by atomic mass is 16.3. The van der Waals surface area contributed by atoms with Gasteiger partial charge >= 0.3 is 0 Å². The van der Waals surface area contributed by atoms with Crippen molar-refractivity contribution < 1.29 is 5.11 Å². The molecule has 0 saturated carbocycles. The molecule has 0 aromatic rings. The standard InChI is InChI=1S/C9H17NO/c1-3-8(2)6-10-5-4-9(11)7-10/h9,11H,2-7H2,1H3/t9-/m1/s1. The Kier molecular flexibility index (Phi) is 3.09. The van der Waals surface area contributed by atoms with E-state index in [4.69, 9.17) is 0 Å². The topological polar surface area (TPSA) is 23.5 Å². The van der Waals surface area contributed by atoms with Gasteiger partial charge in [-0.05, 0) is 12.8 Å². The van der Waals surface area contributed by atoms with Crippen molar-refractivity contribution in [1.29, 1.82) is 0 Å². The number of aliphatic hydroxyl groups is 1. The van der Waals surface area contributed by atoms with E-state index in [0.717, 1.165) is 32.5 Å². The van der Waals surface area contributed by atoms with E-state index < -0.39 is 0 Å². The maximum atomic E-state index is 9.21. The summed E-state index contributed by atoms with van der Waals surface area (Å²) in [6.07, 6.45) is 1.88. The van der Waals surface area contributed by atoms with E-state index in [1.54, 1.807) is 0 Å². The normalized spacial score (nSPS) is 25.8. The van der Waals surface area contributed by atoms with Gasteiger partial charge in [0.15, 0.2) is 0 Å².